The minimum Gasteiger partial charge on any atom is -0.376 e. The Morgan fingerprint density at radius 1 is 1.21 bits per heavy atom. The van der Waals surface area contributed by atoms with Gasteiger partial charge in [-0.3, -0.25) is 14.2 Å². The molecular weight excluding hydrogens is 396 g/mol. The summed E-state index contributed by atoms with van der Waals surface area (Å²) < 4.78 is 7.35. The van der Waals surface area contributed by atoms with E-state index >= 15 is 0 Å². The molecule has 1 aromatic heterocycles. The Hall–Kier alpha value is -2.15. The van der Waals surface area contributed by atoms with Crippen LogP contribution >= 0.6 is 23.4 Å². The van der Waals surface area contributed by atoms with Gasteiger partial charge in [0.2, 0.25) is 0 Å². The number of benzene rings is 2. The predicted molar refractivity (Wildman–Crippen MR) is 111 cm³/mol. The molecule has 1 saturated heterocycles. The quantitative estimate of drug-likeness (QED) is 0.343. The van der Waals surface area contributed by atoms with Crippen LogP contribution in [0.25, 0.3) is 10.9 Å². The fourth-order valence-corrected chi connectivity index (χ4v) is 4.44. The van der Waals surface area contributed by atoms with E-state index in [2.05, 4.69) is 4.98 Å². The second-order valence-corrected chi connectivity index (χ2v) is 8.00. The lowest BCUT2D eigenvalue weighted by atomic mass is 10.1. The van der Waals surface area contributed by atoms with Gasteiger partial charge >= 0.3 is 0 Å². The minimum atomic E-state index is -0.103. The maximum atomic E-state index is 13.1. The van der Waals surface area contributed by atoms with Crippen LogP contribution in [0, 0.1) is 0 Å². The number of Topliss-reactive ketones (excluding diaryl/α,β-unsaturated/α-hetero) is 1. The number of carbonyl (C=O) groups is 1. The predicted octanol–water partition coefficient (Wildman–Crippen LogP) is 4.20. The average Bonchev–Trinajstić information content (AvgIpc) is 3.22. The smallest absolute Gasteiger partial charge is 0.262 e. The molecule has 28 heavy (non-hydrogen) atoms. The van der Waals surface area contributed by atoms with E-state index in [1.165, 1.54) is 11.8 Å². The molecule has 1 aliphatic rings. The molecule has 2 heterocycles. The monoisotopic (exact) mass is 414 g/mol. The van der Waals surface area contributed by atoms with E-state index in [1.807, 2.05) is 18.2 Å². The van der Waals surface area contributed by atoms with Gasteiger partial charge in [-0.05, 0) is 37.1 Å². The van der Waals surface area contributed by atoms with Gasteiger partial charge in [-0.1, -0.05) is 47.6 Å². The molecule has 4 rings (SSSR count). The molecule has 1 fully saturated rings. The number of nitrogens with zero attached hydrogens (tertiary/aromatic N) is 2. The molecule has 5 nitrogen and oxygen atoms in total. The maximum Gasteiger partial charge on any atom is 0.262 e. The van der Waals surface area contributed by atoms with Crippen molar-refractivity contribution in [2.45, 2.75) is 30.6 Å². The van der Waals surface area contributed by atoms with Crippen molar-refractivity contribution in [3.63, 3.8) is 0 Å². The number of ether oxygens (including phenoxy) is 1. The van der Waals surface area contributed by atoms with E-state index in [9.17, 15) is 9.59 Å². The lowest BCUT2D eigenvalue weighted by Gasteiger charge is -2.16. The standard InChI is InChI=1S/C21H19ClN2O3S/c22-17-9-3-1-7-15(17)19(25)13-28-21-23-18-10-4-2-8-16(18)20(26)24(21)12-14-6-5-11-27-14/h1-4,7-10,14H,5-6,11-13H2/t14-/m1/s1. The van der Waals surface area contributed by atoms with Crippen molar-refractivity contribution in [2.24, 2.45) is 0 Å². The number of hydrogen-bond donors (Lipinski definition) is 0. The van der Waals surface area contributed by atoms with Crippen molar-refractivity contribution in [3.05, 3.63) is 69.5 Å². The van der Waals surface area contributed by atoms with Crippen LogP contribution in [-0.4, -0.2) is 33.8 Å². The average molecular weight is 415 g/mol. The third-order valence-electron chi connectivity index (χ3n) is 4.74. The lowest BCUT2D eigenvalue weighted by Crippen LogP contribution is -2.29. The molecular formula is C21H19ClN2O3S. The highest BCUT2D eigenvalue weighted by molar-refractivity contribution is 7.99. The van der Waals surface area contributed by atoms with Crippen LogP contribution in [0.15, 0.2) is 58.5 Å². The fraction of sp³-hybridized carbons (Fsp3) is 0.286. The van der Waals surface area contributed by atoms with Crippen LogP contribution in [0.3, 0.4) is 0 Å². The van der Waals surface area contributed by atoms with E-state index < -0.39 is 0 Å². The summed E-state index contributed by atoms with van der Waals surface area (Å²) in [6, 6.07) is 14.2. The van der Waals surface area contributed by atoms with Gasteiger partial charge in [0.1, 0.15) is 0 Å². The third-order valence-corrected chi connectivity index (χ3v) is 6.05. The van der Waals surface area contributed by atoms with Crippen LogP contribution in [0.4, 0.5) is 0 Å². The summed E-state index contributed by atoms with van der Waals surface area (Å²) in [5.74, 6) is 0.0571. The number of halogens is 1. The largest absolute Gasteiger partial charge is 0.376 e. The highest BCUT2D eigenvalue weighted by atomic mass is 35.5. The summed E-state index contributed by atoms with van der Waals surface area (Å²) in [7, 11) is 0. The molecule has 1 atom stereocenters. The number of ketones is 1. The fourth-order valence-electron chi connectivity index (χ4n) is 3.31. The van der Waals surface area contributed by atoms with Crippen LogP contribution < -0.4 is 5.56 Å². The first-order valence-corrected chi connectivity index (χ1v) is 10.5. The van der Waals surface area contributed by atoms with Crippen LogP contribution in [0.5, 0.6) is 0 Å². The number of aromatic nitrogens is 2. The highest BCUT2D eigenvalue weighted by Crippen LogP contribution is 2.23. The number of carbonyl (C=O) groups excluding carboxylic acids is 1. The number of fused-ring (bicyclic) bond motifs is 1. The highest BCUT2D eigenvalue weighted by Gasteiger charge is 2.21. The molecule has 0 spiro atoms. The third kappa shape index (κ3) is 3.99. The molecule has 0 amide bonds. The maximum absolute atomic E-state index is 13.1. The molecule has 0 unspecified atom stereocenters. The van der Waals surface area contributed by atoms with Crippen LogP contribution in [-0.2, 0) is 11.3 Å². The van der Waals surface area contributed by atoms with E-state index in [0.717, 1.165) is 12.8 Å². The zero-order valence-electron chi connectivity index (χ0n) is 15.1. The van der Waals surface area contributed by atoms with Gasteiger partial charge < -0.3 is 4.74 Å². The van der Waals surface area contributed by atoms with Gasteiger partial charge in [-0.15, -0.1) is 0 Å². The molecule has 0 saturated carbocycles. The topological polar surface area (TPSA) is 61.2 Å². The van der Waals surface area contributed by atoms with E-state index in [-0.39, 0.29) is 23.2 Å². The van der Waals surface area contributed by atoms with Gasteiger partial charge in [-0.2, -0.15) is 0 Å². The first-order chi connectivity index (χ1) is 13.6. The lowest BCUT2D eigenvalue weighted by molar-refractivity contribution is 0.0937. The van der Waals surface area contributed by atoms with E-state index in [4.69, 9.17) is 16.3 Å². The van der Waals surface area contributed by atoms with Crippen molar-refractivity contribution >= 4 is 40.0 Å². The number of thioether (sulfide) groups is 1. The molecule has 7 heteroatoms. The first-order valence-electron chi connectivity index (χ1n) is 9.15. The van der Waals surface area contributed by atoms with Gasteiger partial charge in [0.25, 0.3) is 5.56 Å². The first kappa shape index (κ1) is 19.2. The Bertz CT molecular complexity index is 1080. The molecule has 3 aromatic rings. The number of rotatable bonds is 6. The van der Waals surface area contributed by atoms with Gasteiger partial charge in [-0.25, -0.2) is 4.98 Å². The van der Waals surface area contributed by atoms with Crippen molar-refractivity contribution < 1.29 is 9.53 Å². The van der Waals surface area contributed by atoms with Gasteiger partial charge in [0.15, 0.2) is 10.9 Å². The molecule has 1 aliphatic heterocycles. The van der Waals surface area contributed by atoms with Crippen molar-refractivity contribution in [2.75, 3.05) is 12.4 Å². The second kappa shape index (κ2) is 8.47. The Morgan fingerprint density at radius 3 is 2.79 bits per heavy atom. The van der Waals surface area contributed by atoms with Crippen molar-refractivity contribution in [1.82, 2.24) is 9.55 Å². The summed E-state index contributed by atoms with van der Waals surface area (Å²) in [4.78, 5) is 30.3. The minimum absolute atomic E-state index is 0.000665. The molecule has 0 bridgehead atoms. The Morgan fingerprint density at radius 2 is 2.00 bits per heavy atom. The molecule has 0 N–H and O–H groups in total. The van der Waals surface area contributed by atoms with E-state index in [0.29, 0.717) is 39.8 Å². The molecule has 0 aliphatic carbocycles. The van der Waals surface area contributed by atoms with Crippen LogP contribution in [0.1, 0.15) is 23.2 Å². The summed E-state index contributed by atoms with van der Waals surface area (Å²) >= 11 is 7.39. The molecule has 2 aromatic carbocycles. The number of hydrogen-bond acceptors (Lipinski definition) is 5. The zero-order valence-corrected chi connectivity index (χ0v) is 16.7. The van der Waals surface area contributed by atoms with Crippen molar-refractivity contribution in [1.29, 1.82) is 0 Å². The summed E-state index contributed by atoms with van der Waals surface area (Å²) in [6.45, 7) is 1.16. The normalized spacial score (nSPS) is 16.5. The Kier molecular flexibility index (Phi) is 5.80. The van der Waals surface area contributed by atoms with Crippen molar-refractivity contribution in [3.8, 4) is 0 Å². The Labute approximate surface area is 171 Å². The zero-order chi connectivity index (χ0) is 19.5. The number of para-hydroxylation sites is 1. The Balaban J connectivity index is 1.65. The molecule has 0 radical (unpaired) electrons. The molecule has 144 valence electrons. The second-order valence-electron chi connectivity index (χ2n) is 6.65. The summed E-state index contributed by atoms with van der Waals surface area (Å²) in [5.41, 5.74) is 1.00. The van der Waals surface area contributed by atoms with E-state index in [1.54, 1.807) is 34.9 Å². The summed E-state index contributed by atoms with van der Waals surface area (Å²) in [5, 5.41) is 1.53. The summed E-state index contributed by atoms with van der Waals surface area (Å²) in [6.07, 6.45) is 1.91. The van der Waals surface area contributed by atoms with Crippen LogP contribution in [0.2, 0.25) is 5.02 Å². The van der Waals surface area contributed by atoms with Gasteiger partial charge in [0, 0.05) is 12.2 Å². The SMILES string of the molecule is O=C(CSc1nc2ccccc2c(=O)n1C[C@H]1CCCO1)c1ccccc1Cl. The van der Waals surface area contributed by atoms with Gasteiger partial charge in [0.05, 0.1) is 34.3 Å².